The highest BCUT2D eigenvalue weighted by Crippen LogP contribution is 2.28. The first-order valence-electron chi connectivity index (χ1n) is 6.80. The molecule has 0 fully saturated rings. The zero-order chi connectivity index (χ0) is 14.8. The van der Waals surface area contributed by atoms with Gasteiger partial charge in [0.05, 0.1) is 13.2 Å². The number of amides is 1. The average Bonchev–Trinajstić information content (AvgIpc) is 2.42. The van der Waals surface area contributed by atoms with Gasteiger partial charge in [0, 0.05) is 6.54 Å². The van der Waals surface area contributed by atoms with Crippen molar-refractivity contribution in [2.45, 2.75) is 27.2 Å². The van der Waals surface area contributed by atoms with Crippen LogP contribution in [0.1, 0.15) is 26.3 Å². The summed E-state index contributed by atoms with van der Waals surface area (Å²) in [6.07, 6.45) is 0.726. The third-order valence-electron chi connectivity index (χ3n) is 2.55. The Kier molecular flexibility index (Phi) is 7.05. The average molecular weight is 275 g/mol. The molecule has 0 heterocycles. The largest absolute Gasteiger partial charge is 0.490 e. The topological polar surface area (TPSA) is 47.6 Å². The molecule has 0 unspecified atom stereocenters. The first-order chi connectivity index (χ1) is 9.71. The van der Waals surface area contributed by atoms with Gasteiger partial charge in [-0.15, -0.1) is 0 Å². The maximum Gasteiger partial charge on any atom is 0.295 e. The van der Waals surface area contributed by atoms with Crippen molar-refractivity contribution in [2.24, 2.45) is 0 Å². The summed E-state index contributed by atoms with van der Waals surface area (Å²) in [5.41, 5.74) is 1.08. The Morgan fingerprint density at radius 2 is 1.90 bits per heavy atom. The molecule has 1 rings (SSSR count). The minimum absolute atomic E-state index is 0.247. The summed E-state index contributed by atoms with van der Waals surface area (Å²) in [5, 5.41) is 2.74. The molecule has 108 valence electrons. The maximum atomic E-state index is 11.2. The molecule has 20 heavy (non-hydrogen) atoms. The van der Waals surface area contributed by atoms with Crippen molar-refractivity contribution in [3.8, 4) is 23.3 Å². The second-order valence-corrected chi connectivity index (χ2v) is 4.03. The summed E-state index contributed by atoms with van der Waals surface area (Å²) in [5.74, 6) is 6.25. The number of nitrogens with one attached hydrogen (secondary N) is 1. The number of hydrogen-bond acceptors (Lipinski definition) is 3. The molecule has 0 saturated carbocycles. The summed E-state index contributed by atoms with van der Waals surface area (Å²) in [7, 11) is 0. The molecule has 0 aromatic heterocycles. The summed E-state index contributed by atoms with van der Waals surface area (Å²) in [4.78, 5) is 11.2. The highest BCUT2D eigenvalue weighted by Gasteiger charge is 2.06. The molecule has 0 atom stereocenters. The van der Waals surface area contributed by atoms with E-state index in [4.69, 9.17) is 9.47 Å². The van der Waals surface area contributed by atoms with Gasteiger partial charge in [-0.25, -0.2) is 0 Å². The van der Waals surface area contributed by atoms with Crippen molar-refractivity contribution in [3.63, 3.8) is 0 Å². The fraction of sp³-hybridized carbons (Fsp3) is 0.438. The van der Waals surface area contributed by atoms with E-state index in [0.717, 1.165) is 23.5 Å². The first-order valence-corrected chi connectivity index (χ1v) is 6.80. The van der Waals surface area contributed by atoms with Gasteiger partial charge in [-0.1, -0.05) is 12.0 Å². The first kappa shape index (κ1) is 15.9. The van der Waals surface area contributed by atoms with E-state index in [0.29, 0.717) is 19.8 Å². The van der Waals surface area contributed by atoms with Gasteiger partial charge in [0.15, 0.2) is 11.5 Å². The van der Waals surface area contributed by atoms with Crippen LogP contribution in [0.3, 0.4) is 0 Å². The van der Waals surface area contributed by atoms with Crippen LogP contribution < -0.4 is 14.8 Å². The third kappa shape index (κ3) is 5.23. The zero-order valence-electron chi connectivity index (χ0n) is 12.3. The Balaban J connectivity index is 2.63. The summed E-state index contributed by atoms with van der Waals surface area (Å²) < 4.78 is 11.1. The second kappa shape index (κ2) is 8.87. The highest BCUT2D eigenvalue weighted by molar-refractivity contribution is 5.93. The molecule has 1 aromatic carbocycles. The molecule has 1 aromatic rings. The van der Waals surface area contributed by atoms with Gasteiger partial charge in [0.2, 0.25) is 0 Å². The Hall–Kier alpha value is -2.15. The van der Waals surface area contributed by atoms with Gasteiger partial charge in [-0.2, -0.15) is 0 Å². The molecule has 4 nitrogen and oxygen atoms in total. The molecular weight excluding hydrogens is 254 g/mol. The summed E-state index contributed by atoms with van der Waals surface area (Å²) in [6, 6.07) is 5.83. The minimum atomic E-state index is -0.247. The van der Waals surface area contributed by atoms with Crippen molar-refractivity contribution >= 4 is 5.91 Å². The Labute approximate surface area is 120 Å². The van der Waals surface area contributed by atoms with Crippen LogP contribution in [0.2, 0.25) is 0 Å². The molecule has 4 heteroatoms. The lowest BCUT2D eigenvalue weighted by Crippen LogP contribution is -2.23. The SMILES string of the molecule is CC#CC(=O)NCCc1ccc(OCC)c(OCC)c1. The van der Waals surface area contributed by atoms with Crippen LogP contribution in [0.25, 0.3) is 0 Å². The van der Waals surface area contributed by atoms with E-state index in [1.54, 1.807) is 6.92 Å². The summed E-state index contributed by atoms with van der Waals surface area (Å²) in [6.45, 7) is 7.25. The maximum absolute atomic E-state index is 11.2. The smallest absolute Gasteiger partial charge is 0.295 e. The van der Waals surface area contributed by atoms with Gasteiger partial charge >= 0.3 is 0 Å². The molecule has 0 aliphatic rings. The van der Waals surface area contributed by atoms with Crippen LogP contribution in [-0.2, 0) is 11.2 Å². The van der Waals surface area contributed by atoms with Crippen molar-refractivity contribution in [3.05, 3.63) is 23.8 Å². The predicted octanol–water partition coefficient (Wildman–Crippen LogP) is 2.17. The Morgan fingerprint density at radius 1 is 1.20 bits per heavy atom. The Bertz CT molecular complexity index is 500. The molecule has 0 bridgehead atoms. The highest BCUT2D eigenvalue weighted by atomic mass is 16.5. The van der Waals surface area contributed by atoms with E-state index in [-0.39, 0.29) is 5.91 Å². The fourth-order valence-corrected chi connectivity index (χ4v) is 1.73. The van der Waals surface area contributed by atoms with Gasteiger partial charge in [-0.05, 0) is 50.8 Å². The van der Waals surface area contributed by atoms with Crippen LogP contribution in [0, 0.1) is 11.8 Å². The number of benzene rings is 1. The zero-order valence-corrected chi connectivity index (χ0v) is 12.3. The van der Waals surface area contributed by atoms with Crippen molar-refractivity contribution in [1.29, 1.82) is 0 Å². The number of carbonyl (C=O) groups excluding carboxylic acids is 1. The van der Waals surface area contributed by atoms with E-state index >= 15 is 0 Å². The minimum Gasteiger partial charge on any atom is -0.490 e. The molecule has 0 saturated heterocycles. The van der Waals surface area contributed by atoms with E-state index in [1.807, 2.05) is 32.0 Å². The Morgan fingerprint density at radius 3 is 2.55 bits per heavy atom. The quantitative estimate of drug-likeness (QED) is 0.776. The van der Waals surface area contributed by atoms with Crippen molar-refractivity contribution in [2.75, 3.05) is 19.8 Å². The van der Waals surface area contributed by atoms with E-state index in [2.05, 4.69) is 17.2 Å². The van der Waals surface area contributed by atoms with E-state index in [1.165, 1.54) is 0 Å². The number of ether oxygens (including phenoxy) is 2. The molecule has 1 amide bonds. The van der Waals surface area contributed by atoms with Crippen molar-refractivity contribution < 1.29 is 14.3 Å². The number of hydrogen-bond donors (Lipinski definition) is 1. The normalized spacial score (nSPS) is 9.35. The van der Waals surface area contributed by atoms with E-state index in [9.17, 15) is 4.79 Å². The van der Waals surface area contributed by atoms with Gasteiger partial charge in [0.1, 0.15) is 0 Å². The van der Waals surface area contributed by atoms with E-state index < -0.39 is 0 Å². The number of rotatable bonds is 7. The van der Waals surface area contributed by atoms with Crippen LogP contribution >= 0.6 is 0 Å². The lowest BCUT2D eigenvalue weighted by atomic mass is 10.1. The number of carbonyl (C=O) groups is 1. The van der Waals surface area contributed by atoms with Crippen LogP contribution in [0.5, 0.6) is 11.5 Å². The lowest BCUT2D eigenvalue weighted by Gasteiger charge is -2.12. The monoisotopic (exact) mass is 275 g/mol. The molecule has 0 spiro atoms. The van der Waals surface area contributed by atoms with Crippen LogP contribution in [-0.4, -0.2) is 25.7 Å². The standard InChI is InChI=1S/C16H21NO3/c1-4-7-16(18)17-11-10-13-8-9-14(19-5-2)15(12-13)20-6-3/h8-9,12H,5-6,10-11H2,1-3H3,(H,17,18). The van der Waals surface area contributed by atoms with Gasteiger partial charge in [-0.3, -0.25) is 4.79 Å². The molecule has 0 radical (unpaired) electrons. The van der Waals surface area contributed by atoms with Crippen molar-refractivity contribution in [1.82, 2.24) is 5.32 Å². The van der Waals surface area contributed by atoms with Crippen LogP contribution in [0.15, 0.2) is 18.2 Å². The second-order valence-electron chi connectivity index (χ2n) is 4.03. The summed E-state index contributed by atoms with van der Waals surface area (Å²) >= 11 is 0. The molecule has 1 N–H and O–H groups in total. The van der Waals surface area contributed by atoms with Gasteiger partial charge < -0.3 is 14.8 Å². The molecule has 0 aliphatic carbocycles. The molecule has 0 aliphatic heterocycles. The predicted molar refractivity (Wildman–Crippen MR) is 78.9 cm³/mol. The van der Waals surface area contributed by atoms with Crippen LogP contribution in [0.4, 0.5) is 0 Å². The fourth-order valence-electron chi connectivity index (χ4n) is 1.73. The lowest BCUT2D eigenvalue weighted by molar-refractivity contribution is -0.115. The third-order valence-corrected chi connectivity index (χ3v) is 2.55. The van der Waals surface area contributed by atoms with Gasteiger partial charge in [0.25, 0.3) is 5.91 Å². The molecular formula is C16H21NO3.